The Balaban J connectivity index is 0.000000621. The summed E-state index contributed by atoms with van der Waals surface area (Å²) in [7, 11) is 5.80. The zero-order chi connectivity index (χ0) is 21.9. The first-order valence-corrected chi connectivity index (χ1v) is 8.47. The van der Waals surface area contributed by atoms with E-state index in [2.05, 4.69) is 4.90 Å². The number of carbonyl (C=O) groups excluding carboxylic acids is 1. The minimum Gasteiger partial charge on any atom is -0.479 e. The third-order valence-corrected chi connectivity index (χ3v) is 3.54. The molecule has 10 nitrogen and oxygen atoms in total. The second-order valence-electron chi connectivity index (χ2n) is 6.15. The van der Waals surface area contributed by atoms with Gasteiger partial charge in [-0.05, 0) is 45.1 Å². The van der Waals surface area contributed by atoms with Crippen LogP contribution in [0.15, 0.2) is 24.3 Å². The Morgan fingerprint density at radius 3 is 2.00 bits per heavy atom. The van der Waals surface area contributed by atoms with Crippen molar-refractivity contribution in [1.82, 2.24) is 9.80 Å². The van der Waals surface area contributed by atoms with Crippen LogP contribution < -0.4 is 4.74 Å². The SMILES string of the molecule is CCN(C)C(=O)Oc1cccc(CCN(C)C)c1.O=C(O)C(O)C(O)C(=O)O. The number of aliphatic carboxylic acids is 2. The lowest BCUT2D eigenvalue weighted by Gasteiger charge is -2.15. The minimum atomic E-state index is -2.27. The Morgan fingerprint density at radius 2 is 1.57 bits per heavy atom. The fraction of sp³-hybridized carbons (Fsp3) is 0.500. The molecule has 1 aromatic carbocycles. The molecule has 28 heavy (non-hydrogen) atoms. The van der Waals surface area contributed by atoms with Gasteiger partial charge in [-0.15, -0.1) is 0 Å². The maximum Gasteiger partial charge on any atom is 0.414 e. The fourth-order valence-electron chi connectivity index (χ4n) is 1.70. The molecule has 4 N–H and O–H groups in total. The largest absolute Gasteiger partial charge is 0.479 e. The highest BCUT2D eigenvalue weighted by Gasteiger charge is 2.29. The molecule has 0 saturated carbocycles. The van der Waals surface area contributed by atoms with Gasteiger partial charge in [0.2, 0.25) is 0 Å². The van der Waals surface area contributed by atoms with Crippen molar-refractivity contribution in [2.24, 2.45) is 0 Å². The quantitative estimate of drug-likeness (QED) is 0.477. The summed E-state index contributed by atoms with van der Waals surface area (Å²) < 4.78 is 5.29. The summed E-state index contributed by atoms with van der Waals surface area (Å²) in [4.78, 5) is 34.8. The van der Waals surface area contributed by atoms with Crippen LogP contribution in [0.5, 0.6) is 5.75 Å². The van der Waals surface area contributed by atoms with Crippen molar-refractivity contribution in [1.29, 1.82) is 0 Å². The van der Waals surface area contributed by atoms with Gasteiger partial charge in [0.05, 0.1) is 0 Å². The number of carbonyl (C=O) groups is 3. The maximum atomic E-state index is 11.6. The number of aliphatic hydroxyl groups excluding tert-OH is 2. The third-order valence-electron chi connectivity index (χ3n) is 3.54. The van der Waals surface area contributed by atoms with Crippen LogP contribution in [-0.4, -0.2) is 94.7 Å². The van der Waals surface area contributed by atoms with Gasteiger partial charge in [-0.2, -0.15) is 0 Å². The standard InChI is InChI=1S/C14H22N2O2.C4H6O6/c1-5-16(4)14(17)18-13-8-6-7-12(11-13)9-10-15(2)3;5-1(3(7)8)2(6)4(9)10/h6-8,11H,5,9-10H2,1-4H3;1-2,5-6H,(H,7,8)(H,9,10). The molecule has 0 fully saturated rings. The molecule has 0 heterocycles. The maximum absolute atomic E-state index is 11.6. The molecule has 0 spiro atoms. The summed E-state index contributed by atoms with van der Waals surface area (Å²) in [5, 5.41) is 32.5. The van der Waals surface area contributed by atoms with Crippen LogP contribution in [0.2, 0.25) is 0 Å². The van der Waals surface area contributed by atoms with E-state index in [0.29, 0.717) is 12.3 Å². The molecule has 0 bridgehead atoms. The summed E-state index contributed by atoms with van der Waals surface area (Å²) >= 11 is 0. The van der Waals surface area contributed by atoms with E-state index in [9.17, 15) is 14.4 Å². The highest BCUT2D eigenvalue weighted by Crippen LogP contribution is 2.14. The number of nitrogens with zero attached hydrogens (tertiary/aromatic N) is 2. The predicted molar refractivity (Wildman–Crippen MR) is 100 cm³/mol. The average molecular weight is 400 g/mol. The van der Waals surface area contributed by atoms with Gasteiger partial charge in [0.1, 0.15) is 5.75 Å². The second-order valence-corrected chi connectivity index (χ2v) is 6.15. The van der Waals surface area contributed by atoms with Crippen molar-refractivity contribution in [2.75, 3.05) is 34.2 Å². The first-order chi connectivity index (χ1) is 13.0. The number of amides is 1. The number of carboxylic acid groups (broad SMARTS) is 2. The molecule has 0 saturated heterocycles. The lowest BCUT2D eigenvalue weighted by atomic mass is 10.1. The van der Waals surface area contributed by atoms with Crippen LogP contribution in [0.4, 0.5) is 4.79 Å². The Hall–Kier alpha value is -2.69. The summed E-state index contributed by atoms with van der Waals surface area (Å²) in [5.74, 6) is -2.93. The van der Waals surface area contributed by atoms with Crippen LogP contribution >= 0.6 is 0 Å². The molecule has 0 aromatic heterocycles. The summed E-state index contributed by atoms with van der Waals surface area (Å²) in [6.45, 7) is 3.53. The number of carboxylic acids is 2. The van der Waals surface area contributed by atoms with Crippen molar-refractivity contribution in [3.63, 3.8) is 0 Å². The molecular weight excluding hydrogens is 372 g/mol. The van der Waals surface area contributed by atoms with E-state index in [1.165, 1.54) is 10.5 Å². The van der Waals surface area contributed by atoms with E-state index in [4.69, 9.17) is 25.2 Å². The van der Waals surface area contributed by atoms with Gasteiger partial charge in [0, 0.05) is 20.1 Å². The van der Waals surface area contributed by atoms with Gasteiger partial charge in [0.25, 0.3) is 0 Å². The molecule has 0 aliphatic heterocycles. The van der Waals surface area contributed by atoms with Crippen molar-refractivity contribution in [3.8, 4) is 5.75 Å². The van der Waals surface area contributed by atoms with Crippen LogP contribution in [0.25, 0.3) is 0 Å². The van der Waals surface area contributed by atoms with Crippen LogP contribution in [0.3, 0.4) is 0 Å². The number of likely N-dealkylation sites (N-methyl/N-ethyl adjacent to an activating group) is 1. The predicted octanol–water partition coefficient (Wildman–Crippen LogP) is 0.119. The molecule has 0 radical (unpaired) electrons. The topological polar surface area (TPSA) is 148 Å². The van der Waals surface area contributed by atoms with Crippen molar-refractivity contribution < 1.29 is 39.5 Å². The number of aliphatic hydroxyl groups is 2. The minimum absolute atomic E-state index is 0.317. The van der Waals surface area contributed by atoms with Crippen molar-refractivity contribution in [3.05, 3.63) is 29.8 Å². The summed E-state index contributed by atoms with van der Waals surface area (Å²) in [5.41, 5.74) is 1.17. The highest BCUT2D eigenvalue weighted by atomic mass is 16.6. The molecule has 158 valence electrons. The second kappa shape index (κ2) is 12.7. The van der Waals surface area contributed by atoms with Crippen LogP contribution in [-0.2, 0) is 16.0 Å². The molecule has 1 amide bonds. The Labute approximate surface area is 163 Å². The van der Waals surface area contributed by atoms with E-state index in [-0.39, 0.29) is 6.09 Å². The van der Waals surface area contributed by atoms with E-state index in [0.717, 1.165) is 13.0 Å². The lowest BCUT2D eigenvalue weighted by Crippen LogP contribution is -2.39. The van der Waals surface area contributed by atoms with Gasteiger partial charge in [-0.25, -0.2) is 14.4 Å². The summed E-state index contributed by atoms with van der Waals surface area (Å²) in [6.07, 6.45) is -3.90. The summed E-state index contributed by atoms with van der Waals surface area (Å²) in [6, 6.07) is 7.69. The normalized spacial score (nSPS) is 12.4. The lowest BCUT2D eigenvalue weighted by molar-refractivity contribution is -0.165. The van der Waals surface area contributed by atoms with Crippen LogP contribution in [0, 0.1) is 0 Å². The number of ether oxygens (including phenoxy) is 1. The molecule has 0 aliphatic carbocycles. The molecule has 1 rings (SSSR count). The van der Waals surface area contributed by atoms with Crippen molar-refractivity contribution in [2.45, 2.75) is 25.6 Å². The molecule has 0 aliphatic rings. The van der Waals surface area contributed by atoms with Gasteiger partial charge in [-0.1, -0.05) is 12.1 Å². The van der Waals surface area contributed by atoms with Crippen LogP contribution in [0.1, 0.15) is 12.5 Å². The molecule has 2 unspecified atom stereocenters. The monoisotopic (exact) mass is 400 g/mol. The van der Waals surface area contributed by atoms with E-state index in [1.807, 2.05) is 39.2 Å². The highest BCUT2D eigenvalue weighted by molar-refractivity contribution is 5.83. The van der Waals surface area contributed by atoms with Gasteiger partial charge < -0.3 is 35.0 Å². The number of rotatable bonds is 8. The molecular formula is C18H28N2O8. The third kappa shape index (κ3) is 9.86. The molecule has 2 atom stereocenters. The zero-order valence-electron chi connectivity index (χ0n) is 16.4. The number of benzene rings is 1. The van der Waals surface area contributed by atoms with E-state index in [1.54, 1.807) is 13.1 Å². The van der Waals surface area contributed by atoms with Gasteiger partial charge in [-0.3, -0.25) is 0 Å². The zero-order valence-corrected chi connectivity index (χ0v) is 16.4. The Bertz CT molecular complexity index is 632. The average Bonchev–Trinajstić information content (AvgIpc) is 2.64. The van der Waals surface area contributed by atoms with Crippen molar-refractivity contribution >= 4 is 18.0 Å². The first kappa shape index (κ1) is 25.3. The Morgan fingerprint density at radius 1 is 1.04 bits per heavy atom. The number of hydrogen-bond donors (Lipinski definition) is 4. The van der Waals surface area contributed by atoms with Gasteiger partial charge >= 0.3 is 18.0 Å². The van der Waals surface area contributed by atoms with Gasteiger partial charge in [0.15, 0.2) is 12.2 Å². The van der Waals surface area contributed by atoms with E-state index < -0.39 is 24.1 Å². The Kier molecular flexibility index (Phi) is 11.4. The molecule has 10 heteroatoms. The fourth-order valence-corrected chi connectivity index (χ4v) is 1.70. The first-order valence-electron chi connectivity index (χ1n) is 8.47. The number of hydrogen-bond acceptors (Lipinski definition) is 7. The smallest absolute Gasteiger partial charge is 0.414 e. The van der Waals surface area contributed by atoms with E-state index >= 15 is 0 Å². The molecule has 1 aromatic rings.